The number of carbonyl (C=O) groups is 1. The van der Waals surface area contributed by atoms with Crippen LogP contribution in [-0.2, 0) is 9.53 Å². The maximum Gasteiger partial charge on any atom is 0.384 e. The maximum absolute atomic E-state index is 11.1. The fourth-order valence-corrected chi connectivity index (χ4v) is 0.978. The average molecular weight is 180 g/mol. The summed E-state index contributed by atoms with van der Waals surface area (Å²) >= 11 is 0. The van der Waals surface area contributed by atoms with Crippen LogP contribution < -0.4 is 0 Å². The van der Waals surface area contributed by atoms with Crippen LogP contribution in [0.25, 0.3) is 0 Å². The van der Waals surface area contributed by atoms with Crippen molar-refractivity contribution in [3.8, 4) is 11.8 Å². The Hall–Kier alpha value is -0.970. The molecule has 1 aliphatic rings. The monoisotopic (exact) mass is 180 g/mol. The molecule has 0 aromatic carbocycles. The molecule has 2 atom stereocenters. The van der Waals surface area contributed by atoms with E-state index in [1.165, 1.54) is 0 Å². The van der Waals surface area contributed by atoms with Crippen molar-refractivity contribution in [3.05, 3.63) is 0 Å². The molecule has 2 nitrogen and oxygen atoms in total. The Balaban J connectivity index is 2.36. The van der Waals surface area contributed by atoms with Gasteiger partial charge in [0.05, 0.1) is 0 Å². The molecule has 0 bridgehead atoms. The zero-order chi connectivity index (χ0) is 10.1. The van der Waals surface area contributed by atoms with Gasteiger partial charge >= 0.3 is 5.97 Å². The molecule has 0 aromatic heterocycles. The van der Waals surface area contributed by atoms with Crippen LogP contribution in [0, 0.1) is 23.7 Å². The van der Waals surface area contributed by atoms with Crippen LogP contribution in [0.15, 0.2) is 0 Å². The van der Waals surface area contributed by atoms with Gasteiger partial charge in [-0.15, -0.1) is 0 Å². The van der Waals surface area contributed by atoms with Crippen LogP contribution >= 0.6 is 0 Å². The van der Waals surface area contributed by atoms with Crippen molar-refractivity contribution in [3.63, 3.8) is 0 Å². The van der Waals surface area contributed by atoms with E-state index >= 15 is 0 Å². The van der Waals surface area contributed by atoms with Crippen LogP contribution in [0.2, 0.25) is 0 Å². The predicted octanol–water partition coefficient (Wildman–Crippen LogP) is 1.99. The van der Waals surface area contributed by atoms with Gasteiger partial charge in [0.2, 0.25) is 0 Å². The van der Waals surface area contributed by atoms with Crippen molar-refractivity contribution in [1.82, 2.24) is 0 Å². The minimum Gasteiger partial charge on any atom is -0.450 e. The molecule has 1 aliphatic carbocycles. The lowest BCUT2D eigenvalue weighted by molar-refractivity contribution is -0.147. The Morgan fingerprint density at radius 2 is 2.00 bits per heavy atom. The van der Waals surface area contributed by atoms with Crippen molar-refractivity contribution in [1.29, 1.82) is 0 Å². The van der Waals surface area contributed by atoms with Gasteiger partial charge < -0.3 is 4.74 Å². The Morgan fingerprint density at radius 3 is 2.38 bits per heavy atom. The first-order valence-electron chi connectivity index (χ1n) is 4.63. The van der Waals surface area contributed by atoms with Gasteiger partial charge in [0.1, 0.15) is 5.60 Å². The SMILES string of the molecule is CC1CC1C#CC(=O)OC(C)(C)C. The first kappa shape index (κ1) is 10.1. The van der Waals surface area contributed by atoms with Gasteiger partial charge in [-0.2, -0.15) is 0 Å². The minimum absolute atomic E-state index is 0.411. The third-order valence-corrected chi connectivity index (χ3v) is 1.87. The summed E-state index contributed by atoms with van der Waals surface area (Å²) < 4.78 is 5.04. The Morgan fingerprint density at radius 1 is 1.46 bits per heavy atom. The maximum atomic E-state index is 11.1. The van der Waals surface area contributed by atoms with E-state index in [0.717, 1.165) is 6.42 Å². The van der Waals surface area contributed by atoms with Crippen LogP contribution in [0.5, 0.6) is 0 Å². The zero-order valence-electron chi connectivity index (χ0n) is 8.68. The van der Waals surface area contributed by atoms with Gasteiger partial charge in [-0.3, -0.25) is 0 Å². The van der Waals surface area contributed by atoms with Gasteiger partial charge in [-0.25, -0.2) is 4.79 Å². The van der Waals surface area contributed by atoms with E-state index in [2.05, 4.69) is 18.8 Å². The first-order valence-corrected chi connectivity index (χ1v) is 4.63. The molecule has 0 radical (unpaired) electrons. The number of rotatable bonds is 0. The molecular formula is C11H16O2. The van der Waals surface area contributed by atoms with Crippen LogP contribution in [-0.4, -0.2) is 11.6 Å². The molecule has 0 aromatic rings. The molecule has 1 fully saturated rings. The molecule has 0 heterocycles. The number of esters is 1. The van der Waals surface area contributed by atoms with Crippen molar-refractivity contribution in [2.75, 3.05) is 0 Å². The van der Waals surface area contributed by atoms with Gasteiger partial charge in [0.15, 0.2) is 0 Å². The van der Waals surface area contributed by atoms with Crippen LogP contribution in [0.3, 0.4) is 0 Å². The zero-order valence-corrected chi connectivity index (χ0v) is 8.68. The van der Waals surface area contributed by atoms with Crippen LogP contribution in [0.4, 0.5) is 0 Å². The molecular weight excluding hydrogens is 164 g/mol. The van der Waals surface area contributed by atoms with Crippen molar-refractivity contribution >= 4 is 5.97 Å². The summed E-state index contributed by atoms with van der Waals surface area (Å²) in [4.78, 5) is 11.1. The van der Waals surface area contributed by atoms with E-state index in [4.69, 9.17) is 4.74 Å². The Labute approximate surface area is 79.7 Å². The van der Waals surface area contributed by atoms with E-state index in [1.807, 2.05) is 20.8 Å². The van der Waals surface area contributed by atoms with Crippen molar-refractivity contribution in [2.45, 2.75) is 39.7 Å². The van der Waals surface area contributed by atoms with E-state index in [-0.39, 0.29) is 0 Å². The fourth-order valence-electron chi connectivity index (χ4n) is 0.978. The predicted molar refractivity (Wildman–Crippen MR) is 50.9 cm³/mol. The second-order valence-electron chi connectivity index (χ2n) is 4.59. The first-order chi connectivity index (χ1) is 5.88. The molecule has 2 unspecified atom stereocenters. The largest absolute Gasteiger partial charge is 0.450 e. The topological polar surface area (TPSA) is 26.3 Å². The highest BCUT2D eigenvalue weighted by Crippen LogP contribution is 2.36. The third kappa shape index (κ3) is 3.98. The number of hydrogen-bond acceptors (Lipinski definition) is 2. The molecule has 0 aliphatic heterocycles. The summed E-state index contributed by atoms with van der Waals surface area (Å²) in [6.07, 6.45) is 1.12. The summed E-state index contributed by atoms with van der Waals surface area (Å²) in [6, 6.07) is 0. The smallest absolute Gasteiger partial charge is 0.384 e. The second-order valence-corrected chi connectivity index (χ2v) is 4.59. The van der Waals surface area contributed by atoms with Crippen molar-refractivity contribution < 1.29 is 9.53 Å². The lowest BCUT2D eigenvalue weighted by Gasteiger charge is -2.16. The lowest BCUT2D eigenvalue weighted by atomic mass is 10.2. The number of ether oxygens (including phenoxy) is 1. The fraction of sp³-hybridized carbons (Fsp3) is 0.727. The highest BCUT2D eigenvalue weighted by Gasteiger charge is 2.30. The molecule has 72 valence electrons. The highest BCUT2D eigenvalue weighted by molar-refractivity contribution is 5.88. The Bertz CT molecular complexity index is 262. The molecule has 0 spiro atoms. The van der Waals surface area contributed by atoms with Gasteiger partial charge in [-0.05, 0) is 33.1 Å². The van der Waals surface area contributed by atoms with E-state index in [9.17, 15) is 4.79 Å². The summed E-state index contributed by atoms with van der Waals surface area (Å²) in [5.74, 6) is 6.10. The van der Waals surface area contributed by atoms with Crippen molar-refractivity contribution in [2.24, 2.45) is 11.8 Å². The molecule has 13 heavy (non-hydrogen) atoms. The second kappa shape index (κ2) is 3.41. The van der Waals surface area contributed by atoms with E-state index < -0.39 is 11.6 Å². The summed E-state index contributed by atoms with van der Waals surface area (Å²) in [5.41, 5.74) is -0.430. The van der Waals surface area contributed by atoms with Crippen LogP contribution in [0.1, 0.15) is 34.1 Å². The number of carbonyl (C=O) groups excluding carboxylic acids is 1. The standard InChI is InChI=1S/C11H16O2/c1-8-7-9(8)5-6-10(12)13-11(2,3)4/h8-9H,7H2,1-4H3. The molecule has 1 rings (SSSR count). The summed E-state index contributed by atoms with van der Waals surface area (Å²) in [7, 11) is 0. The Kier molecular flexibility index (Phi) is 2.66. The normalized spacial score (nSPS) is 25.8. The average Bonchev–Trinajstić information content (AvgIpc) is 2.58. The molecule has 1 saturated carbocycles. The quantitative estimate of drug-likeness (QED) is 0.324. The highest BCUT2D eigenvalue weighted by atomic mass is 16.6. The van der Waals surface area contributed by atoms with E-state index in [1.54, 1.807) is 0 Å². The third-order valence-electron chi connectivity index (χ3n) is 1.87. The van der Waals surface area contributed by atoms with Gasteiger partial charge in [-0.1, -0.05) is 12.8 Å². The molecule has 0 N–H and O–H groups in total. The molecule has 2 heteroatoms. The lowest BCUT2D eigenvalue weighted by Crippen LogP contribution is -2.22. The number of hydrogen-bond donors (Lipinski definition) is 0. The molecule has 0 amide bonds. The minimum atomic E-state index is -0.430. The van der Waals surface area contributed by atoms with Gasteiger partial charge in [0.25, 0.3) is 0 Å². The van der Waals surface area contributed by atoms with E-state index in [0.29, 0.717) is 11.8 Å². The van der Waals surface area contributed by atoms with Gasteiger partial charge in [0, 0.05) is 11.8 Å². The summed E-state index contributed by atoms with van der Waals surface area (Å²) in [5, 5.41) is 0. The summed E-state index contributed by atoms with van der Waals surface area (Å²) in [6.45, 7) is 7.65. The molecule has 0 saturated heterocycles.